The van der Waals surface area contributed by atoms with E-state index >= 15 is 0 Å². The molecule has 5 nitrogen and oxygen atoms in total. The summed E-state index contributed by atoms with van der Waals surface area (Å²) in [6.07, 6.45) is 0. The molecule has 0 aromatic heterocycles. The normalized spacial score (nSPS) is 15.9. The Kier molecular flexibility index (Phi) is 6.49. The summed E-state index contributed by atoms with van der Waals surface area (Å²) >= 11 is 0. The van der Waals surface area contributed by atoms with E-state index in [0.29, 0.717) is 6.54 Å². The fraction of sp³-hybridized carbons (Fsp3) is 0.632. The highest BCUT2D eigenvalue weighted by Gasteiger charge is 2.24. The van der Waals surface area contributed by atoms with E-state index in [-0.39, 0.29) is 18.0 Å². The first-order chi connectivity index (χ1) is 11.4. The summed E-state index contributed by atoms with van der Waals surface area (Å²) in [4.78, 5) is 19.2. The Morgan fingerprint density at radius 2 is 1.75 bits per heavy atom. The van der Waals surface area contributed by atoms with Gasteiger partial charge in [0, 0.05) is 50.0 Å². The van der Waals surface area contributed by atoms with Crippen LogP contribution in [0.15, 0.2) is 24.3 Å². The molecule has 0 spiro atoms. The molecular formula is C19H31N3O2. The minimum absolute atomic E-state index is 0.231. The zero-order valence-corrected chi connectivity index (χ0v) is 15.7. The number of amides is 1. The van der Waals surface area contributed by atoms with Crippen molar-refractivity contribution in [2.24, 2.45) is 0 Å². The smallest absolute Gasteiger partial charge is 0.237 e. The van der Waals surface area contributed by atoms with Crippen LogP contribution < -0.4 is 9.64 Å². The maximum Gasteiger partial charge on any atom is 0.237 e. The van der Waals surface area contributed by atoms with Gasteiger partial charge in [0.2, 0.25) is 5.91 Å². The Morgan fingerprint density at radius 1 is 1.12 bits per heavy atom. The van der Waals surface area contributed by atoms with Crippen LogP contribution in [0.25, 0.3) is 0 Å². The van der Waals surface area contributed by atoms with E-state index in [1.54, 1.807) is 7.11 Å². The molecule has 0 radical (unpaired) electrons. The number of carbonyl (C=O) groups is 1. The van der Waals surface area contributed by atoms with Crippen molar-refractivity contribution in [2.45, 2.75) is 39.8 Å². The molecule has 1 amide bonds. The highest BCUT2D eigenvalue weighted by Crippen LogP contribution is 2.22. The topological polar surface area (TPSA) is 36.0 Å². The summed E-state index contributed by atoms with van der Waals surface area (Å²) in [6, 6.07) is 8.66. The van der Waals surface area contributed by atoms with Crippen LogP contribution in [0.2, 0.25) is 0 Å². The van der Waals surface area contributed by atoms with Crippen molar-refractivity contribution in [3.05, 3.63) is 24.3 Å². The Morgan fingerprint density at radius 3 is 2.29 bits per heavy atom. The molecule has 2 rings (SSSR count). The molecule has 0 atom stereocenters. The minimum atomic E-state index is 0.231. The minimum Gasteiger partial charge on any atom is -0.497 e. The molecular weight excluding hydrogens is 302 g/mol. The van der Waals surface area contributed by atoms with E-state index in [1.807, 2.05) is 17.0 Å². The highest BCUT2D eigenvalue weighted by atomic mass is 16.5. The average Bonchev–Trinajstić information content (AvgIpc) is 2.55. The summed E-state index contributed by atoms with van der Waals surface area (Å²) in [6.45, 7) is 12.5. The van der Waals surface area contributed by atoms with Crippen molar-refractivity contribution in [3.63, 3.8) is 0 Å². The second-order valence-corrected chi connectivity index (χ2v) is 6.95. The van der Waals surface area contributed by atoms with E-state index in [2.05, 4.69) is 49.6 Å². The molecule has 5 heteroatoms. The first-order valence-electron chi connectivity index (χ1n) is 8.85. The molecule has 24 heavy (non-hydrogen) atoms. The average molecular weight is 333 g/mol. The number of methoxy groups -OCH3 is 1. The third kappa shape index (κ3) is 4.63. The molecule has 134 valence electrons. The maximum absolute atomic E-state index is 12.6. The summed E-state index contributed by atoms with van der Waals surface area (Å²) < 4.78 is 5.30. The summed E-state index contributed by atoms with van der Waals surface area (Å²) in [7, 11) is 1.69. The van der Waals surface area contributed by atoms with E-state index < -0.39 is 0 Å². The number of hydrogen-bond donors (Lipinski definition) is 0. The van der Waals surface area contributed by atoms with Gasteiger partial charge in [0.25, 0.3) is 0 Å². The van der Waals surface area contributed by atoms with E-state index in [1.165, 1.54) is 5.69 Å². The van der Waals surface area contributed by atoms with Gasteiger partial charge >= 0.3 is 0 Å². The zero-order chi connectivity index (χ0) is 17.7. The summed E-state index contributed by atoms with van der Waals surface area (Å²) in [5.41, 5.74) is 1.19. The Labute approximate surface area is 146 Å². The lowest BCUT2D eigenvalue weighted by Gasteiger charge is -2.38. The quantitative estimate of drug-likeness (QED) is 0.801. The van der Waals surface area contributed by atoms with E-state index in [9.17, 15) is 4.79 Å². The van der Waals surface area contributed by atoms with Gasteiger partial charge in [-0.15, -0.1) is 0 Å². The number of rotatable bonds is 6. The predicted octanol–water partition coefficient (Wildman–Crippen LogP) is 2.46. The molecule has 0 aliphatic carbocycles. The van der Waals surface area contributed by atoms with Gasteiger partial charge < -0.3 is 14.5 Å². The van der Waals surface area contributed by atoms with Crippen molar-refractivity contribution in [3.8, 4) is 5.75 Å². The van der Waals surface area contributed by atoms with Crippen LogP contribution >= 0.6 is 0 Å². The van der Waals surface area contributed by atoms with Crippen molar-refractivity contribution in [1.29, 1.82) is 0 Å². The predicted molar refractivity (Wildman–Crippen MR) is 98.8 cm³/mol. The Bertz CT molecular complexity index is 529. The molecule has 0 N–H and O–H groups in total. The van der Waals surface area contributed by atoms with Crippen LogP contribution in [0.1, 0.15) is 27.7 Å². The highest BCUT2D eigenvalue weighted by molar-refractivity contribution is 5.78. The molecule has 1 aliphatic rings. The lowest BCUT2D eigenvalue weighted by molar-refractivity contribution is -0.136. The fourth-order valence-electron chi connectivity index (χ4n) is 3.42. The van der Waals surface area contributed by atoms with Crippen LogP contribution in [-0.4, -0.2) is 67.6 Å². The van der Waals surface area contributed by atoms with Crippen LogP contribution in [0.5, 0.6) is 5.75 Å². The largest absolute Gasteiger partial charge is 0.497 e. The van der Waals surface area contributed by atoms with Crippen molar-refractivity contribution in [1.82, 2.24) is 9.80 Å². The number of ether oxygens (including phenoxy) is 1. The van der Waals surface area contributed by atoms with Gasteiger partial charge in [0.05, 0.1) is 13.7 Å². The molecule has 0 unspecified atom stereocenters. The monoisotopic (exact) mass is 333 g/mol. The molecule has 1 saturated heterocycles. The Hall–Kier alpha value is -1.75. The molecule has 1 aromatic rings. The molecule has 1 heterocycles. The number of nitrogens with zero attached hydrogens (tertiary/aromatic N) is 3. The molecule has 0 bridgehead atoms. The van der Waals surface area contributed by atoms with Gasteiger partial charge in [-0.1, -0.05) is 6.07 Å². The van der Waals surface area contributed by atoms with Crippen LogP contribution in [-0.2, 0) is 4.79 Å². The van der Waals surface area contributed by atoms with Crippen molar-refractivity contribution < 1.29 is 9.53 Å². The van der Waals surface area contributed by atoms with Crippen LogP contribution in [0.4, 0.5) is 5.69 Å². The molecule has 0 saturated carbocycles. The summed E-state index contributed by atoms with van der Waals surface area (Å²) in [5.74, 6) is 1.12. The molecule has 1 aromatic carbocycles. The van der Waals surface area contributed by atoms with Gasteiger partial charge in [-0.25, -0.2) is 0 Å². The van der Waals surface area contributed by atoms with E-state index in [4.69, 9.17) is 4.74 Å². The second kappa shape index (κ2) is 8.38. The van der Waals surface area contributed by atoms with Gasteiger partial charge in [0.1, 0.15) is 5.75 Å². The SMILES string of the molecule is COc1cccc(N2CCN(CC(=O)N(C(C)C)C(C)C)CC2)c1. The number of hydrogen-bond acceptors (Lipinski definition) is 4. The first kappa shape index (κ1) is 18.6. The van der Waals surface area contributed by atoms with Gasteiger partial charge in [-0.2, -0.15) is 0 Å². The number of carbonyl (C=O) groups excluding carboxylic acids is 1. The third-order valence-electron chi connectivity index (χ3n) is 4.55. The summed E-state index contributed by atoms with van der Waals surface area (Å²) in [5, 5.41) is 0. The first-order valence-corrected chi connectivity index (χ1v) is 8.85. The van der Waals surface area contributed by atoms with Crippen LogP contribution in [0, 0.1) is 0 Å². The molecule has 1 aliphatic heterocycles. The van der Waals surface area contributed by atoms with Gasteiger partial charge in [0.15, 0.2) is 0 Å². The zero-order valence-electron chi connectivity index (χ0n) is 15.7. The number of piperazine rings is 1. The Balaban J connectivity index is 1.89. The van der Waals surface area contributed by atoms with Gasteiger partial charge in [-0.05, 0) is 39.8 Å². The lowest BCUT2D eigenvalue weighted by Crippen LogP contribution is -2.52. The van der Waals surface area contributed by atoms with E-state index in [0.717, 1.165) is 31.9 Å². The standard InChI is InChI=1S/C19H31N3O2/c1-15(2)22(16(3)4)19(23)14-20-9-11-21(12-10-20)17-7-6-8-18(13-17)24-5/h6-8,13,15-16H,9-12,14H2,1-5H3. The number of anilines is 1. The third-order valence-corrected chi connectivity index (χ3v) is 4.55. The lowest BCUT2D eigenvalue weighted by atomic mass is 10.2. The van der Waals surface area contributed by atoms with Crippen LogP contribution in [0.3, 0.4) is 0 Å². The molecule has 1 fully saturated rings. The van der Waals surface area contributed by atoms with Crippen molar-refractivity contribution >= 4 is 11.6 Å². The van der Waals surface area contributed by atoms with Gasteiger partial charge in [-0.3, -0.25) is 9.69 Å². The van der Waals surface area contributed by atoms with Crippen molar-refractivity contribution in [2.75, 3.05) is 44.7 Å². The number of benzene rings is 1. The second-order valence-electron chi connectivity index (χ2n) is 6.95. The fourth-order valence-corrected chi connectivity index (χ4v) is 3.42. The maximum atomic E-state index is 12.6.